The van der Waals surface area contributed by atoms with Crippen molar-refractivity contribution in [2.75, 3.05) is 36.4 Å². The molecule has 0 spiro atoms. The van der Waals surface area contributed by atoms with Crippen LogP contribution in [0.3, 0.4) is 0 Å². The number of piperidine rings is 1. The number of aryl methyl sites for hydroxylation is 1. The minimum Gasteiger partial charge on any atom is -0.355 e. The zero-order valence-electron chi connectivity index (χ0n) is 18.6. The van der Waals surface area contributed by atoms with Crippen molar-refractivity contribution in [3.05, 3.63) is 47.7 Å². The molecule has 0 radical (unpaired) electrons. The minimum absolute atomic E-state index is 0.0184. The van der Waals surface area contributed by atoms with Crippen LogP contribution in [0.15, 0.2) is 36.4 Å². The fraction of sp³-hybridized carbons (Fsp3) is 0.435. The molecule has 2 aromatic rings. The number of amides is 3. The van der Waals surface area contributed by atoms with Gasteiger partial charge in [0.2, 0.25) is 11.8 Å². The van der Waals surface area contributed by atoms with Crippen LogP contribution in [-0.4, -0.2) is 54.1 Å². The molecule has 0 unspecified atom stereocenters. The van der Waals surface area contributed by atoms with Crippen molar-refractivity contribution >= 4 is 29.2 Å². The van der Waals surface area contributed by atoms with E-state index in [4.69, 9.17) is 0 Å². The molecule has 3 rings (SSSR count). The Kier molecular flexibility index (Phi) is 8.13. The standard InChI is InChI=1S/C23H30N6O3/c1-3-21(30)26-19-7-5-17(6-8-19)22(31)24-12-13-25-23(32)18-10-14-29(15-11-18)20-9-4-16(2)27-28-20/h4-9,18H,3,10-15H2,1-2H3,(H,24,31)(H,25,32)(H,26,30). The molecule has 2 heterocycles. The van der Waals surface area contributed by atoms with Gasteiger partial charge < -0.3 is 20.9 Å². The maximum absolute atomic E-state index is 12.4. The number of hydrogen-bond acceptors (Lipinski definition) is 6. The molecule has 3 amide bonds. The van der Waals surface area contributed by atoms with Gasteiger partial charge in [0.1, 0.15) is 0 Å². The first-order chi connectivity index (χ1) is 15.5. The maximum atomic E-state index is 12.4. The van der Waals surface area contributed by atoms with E-state index in [1.807, 2.05) is 19.1 Å². The summed E-state index contributed by atoms with van der Waals surface area (Å²) in [6.45, 7) is 5.93. The van der Waals surface area contributed by atoms with Gasteiger partial charge in [0.25, 0.3) is 5.91 Å². The third-order valence-corrected chi connectivity index (χ3v) is 5.44. The Labute approximate surface area is 188 Å². The van der Waals surface area contributed by atoms with Gasteiger partial charge in [-0.25, -0.2) is 0 Å². The summed E-state index contributed by atoms with van der Waals surface area (Å²) in [4.78, 5) is 38.2. The van der Waals surface area contributed by atoms with Crippen molar-refractivity contribution in [3.63, 3.8) is 0 Å². The molecule has 9 heteroatoms. The van der Waals surface area contributed by atoms with E-state index in [9.17, 15) is 14.4 Å². The van der Waals surface area contributed by atoms with Gasteiger partial charge in [0.05, 0.1) is 5.69 Å². The summed E-state index contributed by atoms with van der Waals surface area (Å²) in [5.74, 6) is 0.529. The van der Waals surface area contributed by atoms with Crippen LogP contribution in [-0.2, 0) is 9.59 Å². The smallest absolute Gasteiger partial charge is 0.251 e. The van der Waals surface area contributed by atoms with E-state index in [0.29, 0.717) is 30.8 Å². The zero-order chi connectivity index (χ0) is 22.9. The summed E-state index contributed by atoms with van der Waals surface area (Å²) in [5, 5.41) is 16.8. The Morgan fingerprint density at radius 1 is 0.969 bits per heavy atom. The molecule has 0 bridgehead atoms. The van der Waals surface area contributed by atoms with Gasteiger partial charge in [-0.2, -0.15) is 5.10 Å². The monoisotopic (exact) mass is 438 g/mol. The summed E-state index contributed by atoms with van der Waals surface area (Å²) < 4.78 is 0. The number of benzene rings is 1. The second kappa shape index (κ2) is 11.2. The van der Waals surface area contributed by atoms with E-state index >= 15 is 0 Å². The van der Waals surface area contributed by atoms with Gasteiger partial charge in [0.15, 0.2) is 5.82 Å². The van der Waals surface area contributed by atoms with Gasteiger partial charge in [-0.1, -0.05) is 6.92 Å². The Morgan fingerprint density at radius 3 is 2.28 bits per heavy atom. The van der Waals surface area contributed by atoms with E-state index < -0.39 is 0 Å². The zero-order valence-corrected chi connectivity index (χ0v) is 18.6. The highest BCUT2D eigenvalue weighted by atomic mass is 16.2. The average Bonchev–Trinajstić information content (AvgIpc) is 2.82. The Bertz CT molecular complexity index is 922. The number of aromatic nitrogens is 2. The van der Waals surface area contributed by atoms with Crippen LogP contribution in [0.2, 0.25) is 0 Å². The van der Waals surface area contributed by atoms with Crippen LogP contribution in [0.4, 0.5) is 11.5 Å². The van der Waals surface area contributed by atoms with E-state index in [2.05, 4.69) is 31.0 Å². The number of rotatable bonds is 8. The van der Waals surface area contributed by atoms with Crippen molar-refractivity contribution in [1.82, 2.24) is 20.8 Å². The molecule has 1 saturated heterocycles. The predicted molar refractivity (Wildman–Crippen MR) is 122 cm³/mol. The fourth-order valence-electron chi connectivity index (χ4n) is 3.49. The van der Waals surface area contributed by atoms with Gasteiger partial charge in [-0.15, -0.1) is 5.10 Å². The Morgan fingerprint density at radius 2 is 1.66 bits per heavy atom. The molecule has 1 aliphatic rings. The molecular formula is C23H30N6O3. The maximum Gasteiger partial charge on any atom is 0.251 e. The second-order valence-corrected chi connectivity index (χ2v) is 7.82. The Balaban J connectivity index is 1.35. The van der Waals surface area contributed by atoms with Crippen LogP contribution in [0, 0.1) is 12.8 Å². The first-order valence-electron chi connectivity index (χ1n) is 11.0. The van der Waals surface area contributed by atoms with Crippen molar-refractivity contribution in [2.45, 2.75) is 33.1 Å². The average molecular weight is 439 g/mol. The second-order valence-electron chi connectivity index (χ2n) is 7.82. The summed E-state index contributed by atoms with van der Waals surface area (Å²) in [7, 11) is 0. The highest BCUT2D eigenvalue weighted by Crippen LogP contribution is 2.21. The van der Waals surface area contributed by atoms with Crippen LogP contribution in [0.1, 0.15) is 42.2 Å². The highest BCUT2D eigenvalue weighted by molar-refractivity contribution is 5.95. The molecule has 9 nitrogen and oxygen atoms in total. The normalized spacial score (nSPS) is 14.0. The predicted octanol–water partition coefficient (Wildman–Crippen LogP) is 1.90. The largest absolute Gasteiger partial charge is 0.355 e. The van der Waals surface area contributed by atoms with Gasteiger partial charge in [-0.05, 0) is 56.2 Å². The fourth-order valence-corrected chi connectivity index (χ4v) is 3.49. The van der Waals surface area contributed by atoms with Gasteiger partial charge in [0, 0.05) is 49.8 Å². The number of nitrogens with one attached hydrogen (secondary N) is 3. The molecule has 1 fully saturated rings. The van der Waals surface area contributed by atoms with Crippen molar-refractivity contribution in [1.29, 1.82) is 0 Å². The highest BCUT2D eigenvalue weighted by Gasteiger charge is 2.25. The molecule has 0 aliphatic carbocycles. The number of carbonyl (C=O) groups is 3. The first kappa shape index (κ1) is 23.2. The summed E-state index contributed by atoms with van der Waals surface area (Å²) in [6, 6.07) is 10.6. The molecule has 170 valence electrons. The lowest BCUT2D eigenvalue weighted by Gasteiger charge is -2.31. The lowest BCUT2D eigenvalue weighted by molar-refractivity contribution is -0.125. The van der Waals surface area contributed by atoms with E-state index in [1.54, 1.807) is 31.2 Å². The van der Waals surface area contributed by atoms with Crippen molar-refractivity contribution in [3.8, 4) is 0 Å². The summed E-state index contributed by atoms with van der Waals surface area (Å²) >= 11 is 0. The Hall–Kier alpha value is -3.49. The third-order valence-electron chi connectivity index (χ3n) is 5.44. The summed E-state index contributed by atoms with van der Waals surface area (Å²) in [5.41, 5.74) is 2.03. The van der Waals surface area contributed by atoms with Crippen molar-refractivity contribution in [2.24, 2.45) is 5.92 Å². The number of hydrogen-bond donors (Lipinski definition) is 3. The van der Waals surface area contributed by atoms with E-state index in [0.717, 1.165) is 37.4 Å². The molecule has 1 aliphatic heterocycles. The van der Waals surface area contributed by atoms with E-state index in [1.165, 1.54) is 0 Å². The quantitative estimate of drug-likeness (QED) is 0.542. The first-order valence-corrected chi connectivity index (χ1v) is 11.0. The molecule has 1 aromatic heterocycles. The molecule has 32 heavy (non-hydrogen) atoms. The van der Waals surface area contributed by atoms with Crippen molar-refractivity contribution < 1.29 is 14.4 Å². The lowest BCUT2D eigenvalue weighted by Crippen LogP contribution is -2.42. The molecule has 1 aromatic carbocycles. The lowest BCUT2D eigenvalue weighted by atomic mass is 9.96. The van der Waals surface area contributed by atoms with E-state index in [-0.39, 0.29) is 23.6 Å². The SMILES string of the molecule is CCC(=O)Nc1ccc(C(=O)NCCNC(=O)C2CCN(c3ccc(C)nn3)CC2)cc1. The minimum atomic E-state index is -0.222. The molecule has 0 atom stereocenters. The summed E-state index contributed by atoms with van der Waals surface area (Å²) in [6.07, 6.45) is 1.91. The van der Waals surface area contributed by atoms with Crippen LogP contribution >= 0.6 is 0 Å². The number of carbonyl (C=O) groups excluding carboxylic acids is 3. The number of anilines is 2. The van der Waals surface area contributed by atoms with Crippen LogP contribution < -0.4 is 20.9 Å². The van der Waals surface area contributed by atoms with Crippen LogP contribution in [0.25, 0.3) is 0 Å². The topological polar surface area (TPSA) is 116 Å². The molecule has 3 N–H and O–H groups in total. The van der Waals surface area contributed by atoms with Crippen LogP contribution in [0.5, 0.6) is 0 Å². The molecular weight excluding hydrogens is 408 g/mol. The number of nitrogens with zero attached hydrogens (tertiary/aromatic N) is 3. The third kappa shape index (κ3) is 6.50. The van der Waals surface area contributed by atoms with Gasteiger partial charge >= 0.3 is 0 Å². The van der Waals surface area contributed by atoms with Gasteiger partial charge in [-0.3, -0.25) is 14.4 Å². The molecule has 0 saturated carbocycles.